The third-order valence-corrected chi connectivity index (χ3v) is 5.47. The van der Waals surface area contributed by atoms with Gasteiger partial charge in [-0.2, -0.15) is 10.2 Å². The topological polar surface area (TPSA) is 67.4 Å². The van der Waals surface area contributed by atoms with Gasteiger partial charge in [-0.05, 0) is 43.5 Å². The largest absolute Gasteiger partial charge is 0.363 e. The summed E-state index contributed by atoms with van der Waals surface area (Å²) in [6.07, 6.45) is 9.16. The van der Waals surface area contributed by atoms with Crippen molar-refractivity contribution in [1.82, 2.24) is 29.4 Å². The third-order valence-electron chi connectivity index (χ3n) is 5.47. The summed E-state index contributed by atoms with van der Waals surface area (Å²) in [5.41, 5.74) is 3.04. The number of pyridine rings is 1. The van der Waals surface area contributed by atoms with Gasteiger partial charge in [0.15, 0.2) is 5.65 Å². The molecule has 0 aromatic carbocycles. The molecular formula is C21H23FN8. The zero-order valence-corrected chi connectivity index (χ0v) is 17.2. The fourth-order valence-corrected chi connectivity index (χ4v) is 3.97. The van der Waals surface area contributed by atoms with E-state index in [9.17, 15) is 4.39 Å². The Kier molecular flexibility index (Phi) is 4.38. The molecule has 154 valence electrons. The quantitative estimate of drug-likeness (QED) is 0.519. The van der Waals surface area contributed by atoms with Crippen LogP contribution in [0.15, 0.2) is 43.0 Å². The lowest BCUT2D eigenvalue weighted by molar-refractivity contribution is 0.562. The highest BCUT2D eigenvalue weighted by molar-refractivity contribution is 5.61. The Hall–Kier alpha value is -3.49. The molecule has 4 aromatic heterocycles. The van der Waals surface area contributed by atoms with Gasteiger partial charge in [0.05, 0.1) is 18.4 Å². The summed E-state index contributed by atoms with van der Waals surface area (Å²) in [5, 5.41) is 8.77. The van der Waals surface area contributed by atoms with Gasteiger partial charge in [-0.3, -0.25) is 0 Å². The minimum Gasteiger partial charge on any atom is -0.363 e. The summed E-state index contributed by atoms with van der Waals surface area (Å²) in [7, 11) is 3.81. The first kappa shape index (κ1) is 18.5. The number of nitrogens with zero attached hydrogens (tertiary/aromatic N) is 8. The average molecular weight is 406 g/mol. The number of hydrogen-bond acceptors (Lipinski definition) is 6. The van der Waals surface area contributed by atoms with E-state index >= 15 is 0 Å². The van der Waals surface area contributed by atoms with Gasteiger partial charge in [0.1, 0.15) is 28.8 Å². The summed E-state index contributed by atoms with van der Waals surface area (Å²) in [6.45, 7) is 2.79. The minimum atomic E-state index is -0.282. The standard InChI is InChI=1S/C21H23FN8/c1-14-11-23-30(13-14)17-12-24-29-10-8-19(26-21(17)29)28-9-4-5-16(28)20-15(22)6-7-18(25-20)27(2)3/h6-8,10-13,16H,4-5,9H2,1-3H3. The highest BCUT2D eigenvalue weighted by Gasteiger charge is 2.31. The highest BCUT2D eigenvalue weighted by atomic mass is 19.1. The predicted octanol–water partition coefficient (Wildman–Crippen LogP) is 3.17. The summed E-state index contributed by atoms with van der Waals surface area (Å²) in [4.78, 5) is 13.5. The Balaban J connectivity index is 1.55. The molecule has 1 fully saturated rings. The first-order valence-corrected chi connectivity index (χ1v) is 9.98. The van der Waals surface area contributed by atoms with E-state index in [1.165, 1.54) is 6.07 Å². The van der Waals surface area contributed by atoms with Crippen molar-refractivity contribution in [2.45, 2.75) is 25.8 Å². The van der Waals surface area contributed by atoms with Gasteiger partial charge in [0, 0.05) is 33.0 Å². The van der Waals surface area contributed by atoms with Crippen LogP contribution in [-0.2, 0) is 0 Å². The van der Waals surface area contributed by atoms with Gasteiger partial charge in [0.2, 0.25) is 0 Å². The SMILES string of the molecule is Cc1cnn(-c2cnn3ccc(N4CCCC4c4nc(N(C)C)ccc4F)nc23)c1. The molecule has 1 aliphatic rings. The van der Waals surface area contributed by atoms with Gasteiger partial charge < -0.3 is 9.80 Å². The zero-order valence-electron chi connectivity index (χ0n) is 17.2. The van der Waals surface area contributed by atoms with Crippen molar-refractivity contribution in [3.8, 4) is 5.69 Å². The van der Waals surface area contributed by atoms with Crippen LogP contribution in [-0.4, -0.2) is 50.0 Å². The van der Waals surface area contributed by atoms with Crippen LogP contribution in [0.25, 0.3) is 11.3 Å². The molecule has 0 aliphatic carbocycles. The first-order chi connectivity index (χ1) is 14.5. The maximum absolute atomic E-state index is 14.7. The normalized spacial score (nSPS) is 16.5. The Morgan fingerprint density at radius 1 is 1.10 bits per heavy atom. The van der Waals surface area contributed by atoms with Gasteiger partial charge in [0.25, 0.3) is 0 Å². The first-order valence-electron chi connectivity index (χ1n) is 9.98. The second-order valence-electron chi connectivity index (χ2n) is 7.83. The predicted molar refractivity (Wildman–Crippen MR) is 113 cm³/mol. The molecule has 1 atom stereocenters. The van der Waals surface area contributed by atoms with Gasteiger partial charge in [-0.25, -0.2) is 23.6 Å². The Morgan fingerprint density at radius 2 is 1.97 bits per heavy atom. The van der Waals surface area contributed by atoms with Gasteiger partial charge in [-0.1, -0.05) is 0 Å². The molecular weight excluding hydrogens is 383 g/mol. The van der Waals surface area contributed by atoms with Crippen molar-refractivity contribution in [3.05, 3.63) is 60.1 Å². The molecule has 5 heterocycles. The van der Waals surface area contributed by atoms with E-state index in [1.54, 1.807) is 27.7 Å². The Morgan fingerprint density at radius 3 is 2.73 bits per heavy atom. The van der Waals surface area contributed by atoms with Crippen molar-refractivity contribution in [1.29, 1.82) is 0 Å². The Bertz CT molecular complexity index is 1210. The van der Waals surface area contributed by atoms with E-state index in [4.69, 9.17) is 4.98 Å². The maximum Gasteiger partial charge on any atom is 0.183 e. The van der Waals surface area contributed by atoms with Crippen LogP contribution < -0.4 is 9.80 Å². The fourth-order valence-electron chi connectivity index (χ4n) is 3.97. The third kappa shape index (κ3) is 3.06. The lowest BCUT2D eigenvalue weighted by Gasteiger charge is -2.26. The lowest BCUT2D eigenvalue weighted by atomic mass is 10.1. The van der Waals surface area contributed by atoms with Crippen molar-refractivity contribution >= 4 is 17.3 Å². The van der Waals surface area contributed by atoms with E-state index in [-0.39, 0.29) is 11.9 Å². The summed E-state index contributed by atoms with van der Waals surface area (Å²) >= 11 is 0. The van der Waals surface area contributed by atoms with E-state index < -0.39 is 0 Å². The fraction of sp³-hybridized carbons (Fsp3) is 0.333. The van der Waals surface area contributed by atoms with E-state index in [0.717, 1.165) is 42.3 Å². The lowest BCUT2D eigenvalue weighted by Crippen LogP contribution is -2.26. The van der Waals surface area contributed by atoms with Gasteiger partial charge in [-0.15, -0.1) is 0 Å². The molecule has 1 unspecified atom stereocenters. The number of rotatable bonds is 4. The van der Waals surface area contributed by atoms with Crippen molar-refractivity contribution in [2.75, 3.05) is 30.4 Å². The van der Waals surface area contributed by atoms with E-state index in [0.29, 0.717) is 11.3 Å². The van der Waals surface area contributed by atoms with Crippen molar-refractivity contribution < 1.29 is 4.39 Å². The molecule has 5 rings (SSSR count). The smallest absolute Gasteiger partial charge is 0.183 e. The molecule has 0 saturated carbocycles. The number of halogens is 1. The van der Waals surface area contributed by atoms with Crippen molar-refractivity contribution in [3.63, 3.8) is 0 Å². The zero-order chi connectivity index (χ0) is 20.8. The second-order valence-corrected chi connectivity index (χ2v) is 7.83. The average Bonchev–Trinajstić information content (AvgIpc) is 3.46. The number of anilines is 2. The number of fused-ring (bicyclic) bond motifs is 1. The molecule has 4 aromatic rings. The molecule has 0 bridgehead atoms. The second kappa shape index (κ2) is 7.08. The van der Waals surface area contributed by atoms with Gasteiger partial charge >= 0.3 is 0 Å². The molecule has 0 radical (unpaired) electrons. The number of aryl methyl sites for hydroxylation is 1. The molecule has 30 heavy (non-hydrogen) atoms. The summed E-state index contributed by atoms with van der Waals surface area (Å²) in [6, 6.07) is 4.97. The van der Waals surface area contributed by atoms with Crippen LogP contribution in [0.1, 0.15) is 30.1 Å². The van der Waals surface area contributed by atoms with E-state index in [1.807, 2.05) is 44.4 Å². The van der Waals surface area contributed by atoms with Crippen molar-refractivity contribution in [2.24, 2.45) is 0 Å². The van der Waals surface area contributed by atoms with Crippen LogP contribution in [0.5, 0.6) is 0 Å². The van der Waals surface area contributed by atoms with Crippen LogP contribution in [0.3, 0.4) is 0 Å². The molecule has 0 N–H and O–H groups in total. The molecule has 1 aliphatic heterocycles. The summed E-state index contributed by atoms with van der Waals surface area (Å²) < 4.78 is 18.2. The Labute approximate surface area is 173 Å². The maximum atomic E-state index is 14.7. The van der Waals surface area contributed by atoms with E-state index in [2.05, 4.69) is 20.1 Å². The molecule has 1 saturated heterocycles. The molecule has 8 nitrogen and oxygen atoms in total. The molecule has 0 amide bonds. The molecule has 9 heteroatoms. The number of aromatic nitrogens is 6. The van der Waals surface area contributed by atoms with Crippen LogP contribution in [0.4, 0.5) is 16.0 Å². The van der Waals surface area contributed by atoms with Crippen LogP contribution >= 0.6 is 0 Å². The molecule has 0 spiro atoms. The number of hydrogen-bond donors (Lipinski definition) is 0. The minimum absolute atomic E-state index is 0.154. The summed E-state index contributed by atoms with van der Waals surface area (Å²) in [5.74, 6) is 1.25. The monoisotopic (exact) mass is 406 g/mol. The van der Waals surface area contributed by atoms with Crippen LogP contribution in [0, 0.1) is 12.7 Å². The highest BCUT2D eigenvalue weighted by Crippen LogP contribution is 2.36. The van der Waals surface area contributed by atoms with Crippen LogP contribution in [0.2, 0.25) is 0 Å².